The molecule has 116 valence electrons. The minimum atomic E-state index is -0.397. The van der Waals surface area contributed by atoms with E-state index in [4.69, 9.17) is 4.74 Å². The molecule has 4 heteroatoms. The molecule has 0 saturated heterocycles. The first kappa shape index (κ1) is 16.0. The van der Waals surface area contributed by atoms with E-state index in [2.05, 4.69) is 0 Å². The average Bonchev–Trinajstić information content (AvgIpc) is 2.48. The number of hydrogen-bond acceptors (Lipinski definition) is 2. The molecule has 2 aromatic carbocycles. The highest BCUT2D eigenvalue weighted by Gasteiger charge is 2.14. The van der Waals surface area contributed by atoms with Crippen LogP contribution in [0.4, 0.5) is 4.39 Å². The van der Waals surface area contributed by atoms with Crippen LogP contribution in [0.1, 0.15) is 21.5 Å². The summed E-state index contributed by atoms with van der Waals surface area (Å²) in [4.78, 5) is 14.0. The van der Waals surface area contributed by atoms with Crippen molar-refractivity contribution >= 4 is 5.91 Å². The average molecular weight is 301 g/mol. The van der Waals surface area contributed by atoms with E-state index in [0.717, 1.165) is 11.1 Å². The molecule has 0 radical (unpaired) electrons. The van der Waals surface area contributed by atoms with Gasteiger partial charge in [-0.3, -0.25) is 4.79 Å². The maximum absolute atomic E-state index is 13.4. The first-order chi connectivity index (χ1) is 10.5. The molecule has 0 fully saturated rings. The van der Waals surface area contributed by atoms with E-state index in [1.54, 1.807) is 30.1 Å². The molecule has 0 atom stereocenters. The van der Waals surface area contributed by atoms with Gasteiger partial charge in [0.25, 0.3) is 5.91 Å². The number of likely N-dealkylation sites (N-methyl/N-ethyl adjacent to an activating group) is 1. The lowest BCUT2D eigenvalue weighted by Crippen LogP contribution is -2.31. The standard InChI is InChI=1S/C18H20FNO2/c1-13-8-9-15(14(2)12-13)18(21)20(3)10-11-22-17-7-5-4-6-16(17)19/h4-9,12H,10-11H2,1-3H3. The molecule has 0 saturated carbocycles. The summed E-state index contributed by atoms with van der Waals surface area (Å²) < 4.78 is 18.8. The van der Waals surface area contributed by atoms with Crippen LogP contribution in [-0.2, 0) is 0 Å². The van der Waals surface area contributed by atoms with Crippen molar-refractivity contribution in [2.45, 2.75) is 13.8 Å². The largest absolute Gasteiger partial charge is 0.489 e. The Hall–Kier alpha value is -2.36. The van der Waals surface area contributed by atoms with E-state index < -0.39 is 5.82 Å². The lowest BCUT2D eigenvalue weighted by Gasteiger charge is -2.19. The molecule has 0 heterocycles. The third kappa shape index (κ3) is 3.85. The smallest absolute Gasteiger partial charge is 0.253 e. The van der Waals surface area contributed by atoms with E-state index in [9.17, 15) is 9.18 Å². The molecular weight excluding hydrogens is 281 g/mol. The Morgan fingerprint density at radius 1 is 1.18 bits per heavy atom. The van der Waals surface area contributed by atoms with Crippen LogP contribution in [0.25, 0.3) is 0 Å². The highest BCUT2D eigenvalue weighted by molar-refractivity contribution is 5.95. The molecule has 1 amide bonds. The van der Waals surface area contributed by atoms with Crippen LogP contribution in [0.5, 0.6) is 5.75 Å². The number of carbonyl (C=O) groups is 1. The summed E-state index contributed by atoms with van der Waals surface area (Å²) in [5, 5.41) is 0. The van der Waals surface area contributed by atoms with Crippen LogP contribution in [-0.4, -0.2) is 31.0 Å². The van der Waals surface area contributed by atoms with Crippen LogP contribution in [0.3, 0.4) is 0 Å². The number of para-hydroxylation sites is 1. The zero-order valence-corrected chi connectivity index (χ0v) is 13.1. The van der Waals surface area contributed by atoms with E-state index in [-0.39, 0.29) is 18.3 Å². The van der Waals surface area contributed by atoms with Crippen LogP contribution < -0.4 is 4.74 Å². The predicted molar refractivity (Wildman–Crippen MR) is 84.8 cm³/mol. The van der Waals surface area contributed by atoms with Gasteiger partial charge in [0, 0.05) is 12.6 Å². The second-order valence-corrected chi connectivity index (χ2v) is 5.32. The van der Waals surface area contributed by atoms with Gasteiger partial charge < -0.3 is 9.64 Å². The van der Waals surface area contributed by atoms with Crippen LogP contribution in [0, 0.1) is 19.7 Å². The van der Waals surface area contributed by atoms with Gasteiger partial charge in [0.1, 0.15) is 6.61 Å². The predicted octanol–water partition coefficient (Wildman–Crippen LogP) is 3.59. The molecule has 0 spiro atoms. The molecule has 3 nitrogen and oxygen atoms in total. The molecule has 0 aromatic heterocycles. The van der Waals surface area contributed by atoms with Gasteiger partial charge >= 0.3 is 0 Å². The van der Waals surface area contributed by atoms with Crippen molar-refractivity contribution in [2.24, 2.45) is 0 Å². The number of ether oxygens (including phenoxy) is 1. The summed E-state index contributed by atoms with van der Waals surface area (Å²) in [7, 11) is 1.71. The molecule has 2 aromatic rings. The van der Waals surface area contributed by atoms with Crippen molar-refractivity contribution in [1.29, 1.82) is 0 Å². The normalized spacial score (nSPS) is 10.4. The first-order valence-electron chi connectivity index (χ1n) is 7.19. The van der Waals surface area contributed by atoms with Gasteiger partial charge in [-0.05, 0) is 37.6 Å². The molecule has 0 bridgehead atoms. The Morgan fingerprint density at radius 3 is 2.59 bits per heavy atom. The Balaban J connectivity index is 1.93. The number of aryl methyl sites for hydroxylation is 2. The molecular formula is C18H20FNO2. The summed E-state index contributed by atoms with van der Waals surface area (Å²) >= 11 is 0. The molecule has 0 aliphatic heterocycles. The minimum absolute atomic E-state index is 0.0605. The third-order valence-electron chi connectivity index (χ3n) is 3.48. The van der Waals surface area contributed by atoms with Gasteiger partial charge in [0.2, 0.25) is 0 Å². The van der Waals surface area contributed by atoms with E-state index in [1.165, 1.54) is 6.07 Å². The number of amides is 1. The van der Waals surface area contributed by atoms with E-state index >= 15 is 0 Å². The SMILES string of the molecule is Cc1ccc(C(=O)N(C)CCOc2ccccc2F)c(C)c1. The first-order valence-corrected chi connectivity index (χ1v) is 7.19. The Kier molecular flexibility index (Phi) is 5.15. The fourth-order valence-corrected chi connectivity index (χ4v) is 2.22. The number of benzene rings is 2. The number of halogens is 1. The lowest BCUT2D eigenvalue weighted by molar-refractivity contribution is 0.0772. The Labute approximate surface area is 130 Å². The molecule has 0 unspecified atom stereocenters. The number of carbonyl (C=O) groups excluding carboxylic acids is 1. The summed E-state index contributed by atoms with van der Waals surface area (Å²) in [5.74, 6) is -0.254. The number of rotatable bonds is 5. The maximum atomic E-state index is 13.4. The summed E-state index contributed by atoms with van der Waals surface area (Å²) in [6, 6.07) is 12.0. The van der Waals surface area contributed by atoms with Crippen molar-refractivity contribution in [3.63, 3.8) is 0 Å². The van der Waals surface area contributed by atoms with Crippen molar-refractivity contribution in [1.82, 2.24) is 4.90 Å². The van der Waals surface area contributed by atoms with Gasteiger partial charge in [-0.25, -0.2) is 4.39 Å². The van der Waals surface area contributed by atoms with E-state index in [0.29, 0.717) is 12.1 Å². The lowest BCUT2D eigenvalue weighted by atomic mass is 10.0. The van der Waals surface area contributed by atoms with Crippen molar-refractivity contribution < 1.29 is 13.9 Å². The van der Waals surface area contributed by atoms with Crippen LogP contribution in [0.2, 0.25) is 0 Å². The zero-order chi connectivity index (χ0) is 16.1. The van der Waals surface area contributed by atoms with Gasteiger partial charge in [0.05, 0.1) is 6.54 Å². The second-order valence-electron chi connectivity index (χ2n) is 5.32. The second kappa shape index (κ2) is 7.07. The van der Waals surface area contributed by atoms with Crippen LogP contribution >= 0.6 is 0 Å². The number of nitrogens with zero attached hydrogens (tertiary/aromatic N) is 1. The molecule has 2 rings (SSSR count). The summed E-state index contributed by atoms with van der Waals surface area (Å²) in [6.07, 6.45) is 0. The van der Waals surface area contributed by atoms with Gasteiger partial charge in [-0.1, -0.05) is 29.8 Å². The topological polar surface area (TPSA) is 29.5 Å². The zero-order valence-electron chi connectivity index (χ0n) is 13.1. The Bertz CT molecular complexity index is 670. The number of hydrogen-bond donors (Lipinski definition) is 0. The summed E-state index contributed by atoms with van der Waals surface area (Å²) in [5.41, 5.74) is 2.76. The molecule has 0 N–H and O–H groups in total. The van der Waals surface area contributed by atoms with Crippen molar-refractivity contribution in [2.75, 3.05) is 20.2 Å². The van der Waals surface area contributed by atoms with Gasteiger partial charge in [-0.2, -0.15) is 0 Å². The van der Waals surface area contributed by atoms with Gasteiger partial charge in [0.15, 0.2) is 11.6 Å². The van der Waals surface area contributed by atoms with Gasteiger partial charge in [-0.15, -0.1) is 0 Å². The molecule has 0 aliphatic carbocycles. The minimum Gasteiger partial charge on any atom is -0.489 e. The highest BCUT2D eigenvalue weighted by atomic mass is 19.1. The molecule has 22 heavy (non-hydrogen) atoms. The fourth-order valence-electron chi connectivity index (χ4n) is 2.22. The maximum Gasteiger partial charge on any atom is 0.253 e. The monoisotopic (exact) mass is 301 g/mol. The summed E-state index contributed by atoms with van der Waals surface area (Å²) in [6.45, 7) is 4.55. The van der Waals surface area contributed by atoms with Crippen molar-refractivity contribution in [3.8, 4) is 5.75 Å². The fraction of sp³-hybridized carbons (Fsp3) is 0.278. The Morgan fingerprint density at radius 2 is 1.91 bits per heavy atom. The molecule has 0 aliphatic rings. The quantitative estimate of drug-likeness (QED) is 0.844. The van der Waals surface area contributed by atoms with Crippen molar-refractivity contribution in [3.05, 3.63) is 65.0 Å². The van der Waals surface area contributed by atoms with E-state index in [1.807, 2.05) is 32.0 Å². The highest BCUT2D eigenvalue weighted by Crippen LogP contribution is 2.16. The van der Waals surface area contributed by atoms with Crippen LogP contribution in [0.15, 0.2) is 42.5 Å². The third-order valence-corrected chi connectivity index (χ3v) is 3.48.